The second kappa shape index (κ2) is 4.65. The molecule has 4 heteroatoms. The number of hydrogen-bond donors (Lipinski definition) is 1. The number of hydrogen-bond acceptors (Lipinski definition) is 2. The molecule has 2 nitrogen and oxygen atoms in total. The number of nitrogens with one attached hydrogen (secondary N) is 1. The Morgan fingerprint density at radius 3 is 2.68 bits per heavy atom. The van der Waals surface area contributed by atoms with Crippen molar-refractivity contribution in [2.24, 2.45) is 0 Å². The van der Waals surface area contributed by atoms with Crippen molar-refractivity contribution < 1.29 is 8.78 Å². The first kappa shape index (κ1) is 11.6. The summed E-state index contributed by atoms with van der Waals surface area (Å²) in [6, 6.07) is 12.7. The topological polar surface area (TPSA) is 24.9 Å². The zero-order chi connectivity index (χ0) is 13.2. The molecule has 1 heterocycles. The second-order valence-corrected chi connectivity index (χ2v) is 4.17. The highest BCUT2D eigenvalue weighted by Crippen LogP contribution is 2.23. The van der Waals surface area contributed by atoms with Crippen LogP contribution in [0, 0.1) is 11.6 Å². The molecule has 0 aliphatic heterocycles. The fourth-order valence-electron chi connectivity index (χ4n) is 1.89. The van der Waals surface area contributed by atoms with Gasteiger partial charge in [0.15, 0.2) is 0 Å². The van der Waals surface area contributed by atoms with Crippen LogP contribution in [0.3, 0.4) is 0 Å². The first-order valence-electron chi connectivity index (χ1n) is 5.79. The maximum Gasteiger partial charge on any atom is 0.146 e. The van der Waals surface area contributed by atoms with E-state index in [0.717, 1.165) is 29.1 Å². The highest BCUT2D eigenvalue weighted by molar-refractivity contribution is 5.82. The van der Waals surface area contributed by atoms with Crippen LogP contribution in [0.5, 0.6) is 0 Å². The molecular weight excluding hydrogens is 246 g/mol. The number of nitrogens with zero attached hydrogens (tertiary/aromatic N) is 1. The standard InChI is InChI=1S/C15H10F2N2/c16-11-5-6-13(17)15(8-11)19-12-7-10-3-1-2-4-14(10)18-9-12/h1-9,19H. The Bertz CT molecular complexity index is 741. The van der Waals surface area contributed by atoms with Crippen molar-refractivity contribution in [2.75, 3.05) is 5.32 Å². The third-order valence-electron chi connectivity index (χ3n) is 2.80. The van der Waals surface area contributed by atoms with Gasteiger partial charge in [0.25, 0.3) is 0 Å². The summed E-state index contributed by atoms with van der Waals surface area (Å²) in [5, 5.41) is 3.76. The van der Waals surface area contributed by atoms with E-state index >= 15 is 0 Å². The summed E-state index contributed by atoms with van der Waals surface area (Å²) in [6.45, 7) is 0. The summed E-state index contributed by atoms with van der Waals surface area (Å²) in [7, 11) is 0. The van der Waals surface area contributed by atoms with Gasteiger partial charge >= 0.3 is 0 Å². The zero-order valence-corrected chi connectivity index (χ0v) is 9.90. The molecule has 94 valence electrons. The van der Waals surface area contributed by atoms with E-state index in [0.29, 0.717) is 5.69 Å². The molecule has 19 heavy (non-hydrogen) atoms. The lowest BCUT2D eigenvalue weighted by Crippen LogP contribution is -1.95. The van der Waals surface area contributed by atoms with Crippen molar-refractivity contribution in [1.29, 1.82) is 0 Å². The predicted octanol–water partition coefficient (Wildman–Crippen LogP) is 4.26. The third kappa shape index (κ3) is 2.38. The van der Waals surface area contributed by atoms with Gasteiger partial charge in [-0.15, -0.1) is 0 Å². The van der Waals surface area contributed by atoms with E-state index in [4.69, 9.17) is 0 Å². The van der Waals surface area contributed by atoms with Gasteiger partial charge in [0, 0.05) is 11.5 Å². The number of para-hydroxylation sites is 1. The van der Waals surface area contributed by atoms with E-state index in [1.165, 1.54) is 0 Å². The van der Waals surface area contributed by atoms with Gasteiger partial charge in [-0.05, 0) is 24.3 Å². The quantitative estimate of drug-likeness (QED) is 0.741. The Balaban J connectivity index is 1.98. The Morgan fingerprint density at radius 1 is 0.947 bits per heavy atom. The van der Waals surface area contributed by atoms with Gasteiger partial charge in [-0.2, -0.15) is 0 Å². The van der Waals surface area contributed by atoms with Crippen molar-refractivity contribution in [1.82, 2.24) is 4.98 Å². The summed E-state index contributed by atoms with van der Waals surface area (Å²) < 4.78 is 26.6. The molecule has 1 N–H and O–H groups in total. The van der Waals surface area contributed by atoms with Gasteiger partial charge in [-0.3, -0.25) is 4.98 Å². The van der Waals surface area contributed by atoms with Crippen LogP contribution >= 0.6 is 0 Å². The molecule has 2 aromatic carbocycles. The van der Waals surface area contributed by atoms with Gasteiger partial charge in [0.05, 0.1) is 23.1 Å². The zero-order valence-electron chi connectivity index (χ0n) is 9.90. The maximum absolute atomic E-state index is 13.5. The van der Waals surface area contributed by atoms with E-state index in [2.05, 4.69) is 10.3 Å². The van der Waals surface area contributed by atoms with Crippen LogP contribution in [0.1, 0.15) is 0 Å². The van der Waals surface area contributed by atoms with Crippen molar-refractivity contribution in [3.8, 4) is 0 Å². The molecule has 0 aliphatic rings. The summed E-state index contributed by atoms with van der Waals surface area (Å²) in [6.07, 6.45) is 1.59. The number of benzene rings is 2. The largest absolute Gasteiger partial charge is 0.352 e. The molecule has 0 fully saturated rings. The first-order valence-corrected chi connectivity index (χ1v) is 5.79. The number of halogens is 2. The molecule has 0 spiro atoms. The third-order valence-corrected chi connectivity index (χ3v) is 2.80. The highest BCUT2D eigenvalue weighted by Gasteiger charge is 2.05. The van der Waals surface area contributed by atoms with Crippen LogP contribution in [0.15, 0.2) is 54.7 Å². The number of rotatable bonds is 2. The molecule has 0 atom stereocenters. The molecule has 0 saturated carbocycles. The maximum atomic E-state index is 13.5. The predicted molar refractivity (Wildman–Crippen MR) is 71.4 cm³/mol. The summed E-state index contributed by atoms with van der Waals surface area (Å²) in [4.78, 5) is 4.25. The summed E-state index contributed by atoms with van der Waals surface area (Å²) in [5.41, 5.74) is 1.56. The molecule has 1 aromatic heterocycles. The molecule has 0 aliphatic carbocycles. The summed E-state index contributed by atoms with van der Waals surface area (Å²) >= 11 is 0. The van der Waals surface area contributed by atoms with Gasteiger partial charge in [0.2, 0.25) is 0 Å². The minimum atomic E-state index is -0.505. The lowest BCUT2D eigenvalue weighted by molar-refractivity contribution is 0.603. The number of fused-ring (bicyclic) bond motifs is 1. The minimum Gasteiger partial charge on any atom is -0.352 e. The van der Waals surface area contributed by atoms with Gasteiger partial charge in [-0.25, -0.2) is 8.78 Å². The fourth-order valence-corrected chi connectivity index (χ4v) is 1.89. The van der Waals surface area contributed by atoms with Crippen molar-refractivity contribution in [2.45, 2.75) is 0 Å². The van der Waals surface area contributed by atoms with Crippen molar-refractivity contribution in [3.05, 3.63) is 66.4 Å². The molecule has 3 rings (SSSR count). The van der Waals surface area contributed by atoms with E-state index in [1.54, 1.807) is 6.20 Å². The fraction of sp³-hybridized carbons (Fsp3) is 0. The van der Waals surface area contributed by atoms with Crippen LogP contribution in [-0.2, 0) is 0 Å². The van der Waals surface area contributed by atoms with Crippen LogP contribution in [0.2, 0.25) is 0 Å². The Morgan fingerprint density at radius 2 is 1.79 bits per heavy atom. The number of pyridine rings is 1. The SMILES string of the molecule is Fc1ccc(F)c(Nc2cnc3ccccc3c2)c1. The molecule has 0 saturated heterocycles. The molecular formula is C15H10F2N2. The van der Waals surface area contributed by atoms with Crippen LogP contribution in [0.4, 0.5) is 20.2 Å². The van der Waals surface area contributed by atoms with E-state index < -0.39 is 11.6 Å². The molecule has 0 unspecified atom stereocenters. The lowest BCUT2D eigenvalue weighted by Gasteiger charge is -2.08. The molecule has 0 radical (unpaired) electrons. The molecule has 3 aromatic rings. The minimum absolute atomic E-state index is 0.0945. The molecule has 0 bridgehead atoms. The van der Waals surface area contributed by atoms with Crippen molar-refractivity contribution in [3.63, 3.8) is 0 Å². The first-order chi connectivity index (χ1) is 9.22. The average molecular weight is 256 g/mol. The smallest absolute Gasteiger partial charge is 0.146 e. The molecule has 0 amide bonds. The van der Waals surface area contributed by atoms with Gasteiger partial charge < -0.3 is 5.32 Å². The highest BCUT2D eigenvalue weighted by atomic mass is 19.1. The van der Waals surface area contributed by atoms with E-state index in [-0.39, 0.29) is 5.69 Å². The monoisotopic (exact) mass is 256 g/mol. The normalized spacial score (nSPS) is 10.6. The Kier molecular flexibility index (Phi) is 2.83. The van der Waals surface area contributed by atoms with Crippen LogP contribution in [0.25, 0.3) is 10.9 Å². The Labute approximate surface area is 108 Å². The van der Waals surface area contributed by atoms with Crippen molar-refractivity contribution >= 4 is 22.3 Å². The second-order valence-electron chi connectivity index (χ2n) is 4.17. The summed E-state index contributed by atoms with van der Waals surface area (Å²) in [5.74, 6) is -0.993. The van der Waals surface area contributed by atoms with E-state index in [9.17, 15) is 8.78 Å². The van der Waals surface area contributed by atoms with Crippen LogP contribution in [-0.4, -0.2) is 4.98 Å². The van der Waals surface area contributed by atoms with Gasteiger partial charge in [-0.1, -0.05) is 18.2 Å². The average Bonchev–Trinajstić information content (AvgIpc) is 2.43. The van der Waals surface area contributed by atoms with E-state index in [1.807, 2.05) is 30.3 Å². The number of anilines is 2. The Hall–Kier alpha value is -2.49. The lowest BCUT2D eigenvalue weighted by atomic mass is 10.2. The van der Waals surface area contributed by atoms with Gasteiger partial charge in [0.1, 0.15) is 11.6 Å². The van der Waals surface area contributed by atoms with Crippen LogP contribution < -0.4 is 5.32 Å². The number of aromatic nitrogens is 1.